The Hall–Kier alpha value is -0.610. The fraction of sp³-hybridized carbons (Fsp3) is 0.333. The molecular formula is C9H9ClFNOS. The Bertz CT molecular complexity index is 470. The van der Waals surface area contributed by atoms with Crippen molar-refractivity contribution in [3.05, 3.63) is 29.0 Å². The molecule has 0 aromatic heterocycles. The maximum absolute atomic E-state index is 13.3. The van der Waals surface area contributed by atoms with Crippen molar-refractivity contribution in [2.75, 3.05) is 11.5 Å². The van der Waals surface area contributed by atoms with E-state index in [-0.39, 0.29) is 10.7 Å². The second-order valence-electron chi connectivity index (χ2n) is 3.20. The average molecular weight is 234 g/mol. The van der Waals surface area contributed by atoms with Gasteiger partial charge in [0.05, 0.1) is 14.8 Å². The predicted octanol–water partition coefficient (Wildman–Crippen LogP) is 2.98. The highest BCUT2D eigenvalue weighted by molar-refractivity contribution is 7.95. The van der Waals surface area contributed by atoms with Crippen molar-refractivity contribution < 1.29 is 8.60 Å². The maximum atomic E-state index is 13.3. The minimum Gasteiger partial charge on any atom is -0.249 e. The second kappa shape index (κ2) is 3.51. The van der Waals surface area contributed by atoms with Gasteiger partial charge < -0.3 is 0 Å². The third kappa shape index (κ3) is 1.77. The van der Waals surface area contributed by atoms with Gasteiger partial charge in [0.1, 0.15) is 5.69 Å². The smallest absolute Gasteiger partial charge is 0.168 e. The molecule has 0 amide bonds. The Morgan fingerprint density at radius 3 is 2.71 bits per heavy atom. The van der Waals surface area contributed by atoms with E-state index in [1.54, 1.807) is 6.07 Å². The predicted molar refractivity (Wildman–Crippen MR) is 56.0 cm³/mol. The highest BCUT2D eigenvalue weighted by Gasteiger charge is 2.20. The normalized spacial score (nSPS) is 18.7. The van der Waals surface area contributed by atoms with Gasteiger partial charge in [-0.15, -0.1) is 0 Å². The molecule has 14 heavy (non-hydrogen) atoms. The zero-order chi connectivity index (χ0) is 10.2. The quantitative estimate of drug-likeness (QED) is 0.733. The Morgan fingerprint density at radius 2 is 2.14 bits per heavy atom. The van der Waals surface area contributed by atoms with E-state index < -0.39 is 15.5 Å². The van der Waals surface area contributed by atoms with Crippen LogP contribution in [0.1, 0.15) is 6.42 Å². The molecule has 0 N–H and O–H groups in total. The zero-order valence-corrected chi connectivity index (χ0v) is 8.95. The van der Waals surface area contributed by atoms with E-state index in [0.717, 1.165) is 6.42 Å². The zero-order valence-electron chi connectivity index (χ0n) is 7.37. The molecule has 1 heterocycles. The molecular weight excluding hydrogens is 225 g/mol. The molecule has 0 saturated carbocycles. The van der Waals surface area contributed by atoms with Gasteiger partial charge in [-0.25, -0.2) is 8.60 Å². The van der Waals surface area contributed by atoms with Crippen LogP contribution < -0.4 is 0 Å². The van der Waals surface area contributed by atoms with Crippen molar-refractivity contribution in [3.63, 3.8) is 0 Å². The van der Waals surface area contributed by atoms with Crippen molar-refractivity contribution in [2.24, 2.45) is 4.36 Å². The molecule has 1 fully saturated rings. The Labute approximate surface area is 87.3 Å². The molecule has 2 nitrogen and oxygen atoms in total. The lowest BCUT2D eigenvalue weighted by Gasteiger charge is -2.17. The number of nitrogens with zero attached hydrogens (tertiary/aromatic N) is 1. The van der Waals surface area contributed by atoms with E-state index in [0.29, 0.717) is 11.5 Å². The van der Waals surface area contributed by atoms with Crippen LogP contribution >= 0.6 is 11.6 Å². The summed E-state index contributed by atoms with van der Waals surface area (Å²) < 4.78 is 29.0. The van der Waals surface area contributed by atoms with Gasteiger partial charge in [0.15, 0.2) is 5.82 Å². The van der Waals surface area contributed by atoms with E-state index >= 15 is 0 Å². The summed E-state index contributed by atoms with van der Waals surface area (Å²) >= 11 is 5.58. The fourth-order valence-corrected chi connectivity index (χ4v) is 2.86. The van der Waals surface area contributed by atoms with Gasteiger partial charge in [0, 0.05) is 11.5 Å². The number of halogens is 2. The number of rotatable bonds is 1. The molecule has 0 spiro atoms. The van der Waals surface area contributed by atoms with Crippen LogP contribution in [0.2, 0.25) is 5.02 Å². The highest BCUT2D eigenvalue weighted by Crippen LogP contribution is 2.28. The lowest BCUT2D eigenvalue weighted by Crippen LogP contribution is -2.23. The molecule has 1 aromatic rings. The highest BCUT2D eigenvalue weighted by atomic mass is 35.5. The third-order valence-corrected chi connectivity index (χ3v) is 4.80. The molecule has 5 heteroatoms. The van der Waals surface area contributed by atoms with E-state index in [9.17, 15) is 8.60 Å². The van der Waals surface area contributed by atoms with Crippen LogP contribution in [0.4, 0.5) is 10.1 Å². The van der Waals surface area contributed by atoms with Gasteiger partial charge in [-0.3, -0.25) is 0 Å². The minimum atomic E-state index is -2.15. The van der Waals surface area contributed by atoms with E-state index in [1.807, 2.05) is 0 Å². The molecule has 0 atom stereocenters. The molecule has 0 radical (unpaired) electrons. The number of hydrogen-bond donors (Lipinski definition) is 0. The maximum Gasteiger partial charge on any atom is 0.168 e. The lowest BCUT2D eigenvalue weighted by molar-refractivity contribution is 0.628. The second-order valence-corrected chi connectivity index (χ2v) is 6.15. The van der Waals surface area contributed by atoms with Crippen molar-refractivity contribution in [1.29, 1.82) is 0 Å². The van der Waals surface area contributed by atoms with Gasteiger partial charge in [-0.2, -0.15) is 4.36 Å². The monoisotopic (exact) mass is 233 g/mol. The summed E-state index contributed by atoms with van der Waals surface area (Å²) in [6.07, 6.45) is 0.907. The molecule has 0 bridgehead atoms. The van der Waals surface area contributed by atoms with Crippen LogP contribution in [-0.4, -0.2) is 15.7 Å². The Kier molecular flexibility index (Phi) is 2.49. The van der Waals surface area contributed by atoms with Crippen molar-refractivity contribution in [1.82, 2.24) is 0 Å². The molecule has 1 saturated heterocycles. The SMILES string of the molecule is O=S1(=Nc2cccc(Cl)c2F)CCC1. The summed E-state index contributed by atoms with van der Waals surface area (Å²) in [5, 5.41) is 0.0218. The Balaban J connectivity index is 2.48. The number of hydrogen-bond acceptors (Lipinski definition) is 2. The van der Waals surface area contributed by atoms with Gasteiger partial charge in [0.2, 0.25) is 0 Å². The van der Waals surface area contributed by atoms with E-state index in [4.69, 9.17) is 11.6 Å². The molecule has 0 aliphatic carbocycles. The fourth-order valence-electron chi connectivity index (χ4n) is 1.22. The van der Waals surface area contributed by atoms with Gasteiger partial charge in [-0.05, 0) is 18.6 Å². The van der Waals surface area contributed by atoms with Crippen LogP contribution in [0.25, 0.3) is 0 Å². The first kappa shape index (κ1) is 9.93. The summed E-state index contributed by atoms with van der Waals surface area (Å²) in [4.78, 5) is 0. The van der Waals surface area contributed by atoms with Crippen molar-refractivity contribution in [3.8, 4) is 0 Å². The summed E-state index contributed by atoms with van der Waals surface area (Å²) in [6, 6.07) is 4.54. The summed E-state index contributed by atoms with van der Waals surface area (Å²) in [5.74, 6) is 0.557. The van der Waals surface area contributed by atoms with Gasteiger partial charge in [0.25, 0.3) is 0 Å². The summed E-state index contributed by atoms with van der Waals surface area (Å²) in [5.41, 5.74) is 0.113. The van der Waals surface area contributed by atoms with E-state index in [2.05, 4.69) is 4.36 Å². The van der Waals surface area contributed by atoms with Crippen LogP contribution in [0, 0.1) is 5.82 Å². The molecule has 76 valence electrons. The summed E-state index contributed by atoms with van der Waals surface area (Å²) in [7, 11) is -2.15. The topological polar surface area (TPSA) is 29.4 Å². The van der Waals surface area contributed by atoms with Crippen LogP contribution in [0.3, 0.4) is 0 Å². The van der Waals surface area contributed by atoms with Crippen molar-refractivity contribution in [2.45, 2.75) is 6.42 Å². The largest absolute Gasteiger partial charge is 0.249 e. The average Bonchev–Trinajstić information content (AvgIpc) is 2.10. The minimum absolute atomic E-state index is 0.0218. The third-order valence-electron chi connectivity index (χ3n) is 2.12. The summed E-state index contributed by atoms with van der Waals surface area (Å²) in [6.45, 7) is 0. The van der Waals surface area contributed by atoms with Gasteiger partial charge >= 0.3 is 0 Å². The van der Waals surface area contributed by atoms with Crippen LogP contribution in [0.15, 0.2) is 22.6 Å². The molecule has 1 aliphatic rings. The van der Waals surface area contributed by atoms with Crippen LogP contribution in [-0.2, 0) is 9.73 Å². The number of benzene rings is 1. The Morgan fingerprint density at radius 1 is 1.43 bits per heavy atom. The van der Waals surface area contributed by atoms with E-state index in [1.165, 1.54) is 12.1 Å². The lowest BCUT2D eigenvalue weighted by atomic mass is 10.3. The standard InChI is InChI=1S/C9H9ClFNOS/c10-7-3-1-4-8(9(7)11)12-14(13)5-2-6-14/h1,3-4H,2,5-6H2. The first-order chi connectivity index (χ1) is 6.61. The molecule has 0 unspecified atom stereocenters. The molecule has 2 rings (SSSR count). The first-order valence-corrected chi connectivity index (χ1v) is 6.50. The molecule has 1 aliphatic heterocycles. The first-order valence-electron chi connectivity index (χ1n) is 4.27. The van der Waals surface area contributed by atoms with Crippen molar-refractivity contribution >= 4 is 27.0 Å². The van der Waals surface area contributed by atoms with Gasteiger partial charge in [-0.1, -0.05) is 17.7 Å². The van der Waals surface area contributed by atoms with Crippen LogP contribution in [0.5, 0.6) is 0 Å². The molecule has 1 aromatic carbocycles.